The minimum Gasteiger partial charge on any atom is -0.372 e. The predicted molar refractivity (Wildman–Crippen MR) is 60.3 cm³/mol. The van der Waals surface area contributed by atoms with Crippen LogP contribution in [0.1, 0.15) is 11.1 Å². The average molecular weight is 232 g/mol. The molecule has 2 aliphatic heterocycles. The fraction of sp³-hybridized carbons (Fsp3) is 0.333. The number of amides is 2. The fourth-order valence-corrected chi connectivity index (χ4v) is 2.17. The Labute approximate surface area is 98.4 Å². The van der Waals surface area contributed by atoms with Crippen LogP contribution < -0.4 is 10.2 Å². The third kappa shape index (κ3) is 1.89. The number of carbonyl (C=O) groups is 2. The molecule has 0 aromatic heterocycles. The summed E-state index contributed by atoms with van der Waals surface area (Å²) in [5, 5.41) is 2.29. The normalized spacial score (nSPS) is 19.2. The van der Waals surface area contributed by atoms with E-state index in [1.165, 1.54) is 5.56 Å². The zero-order chi connectivity index (χ0) is 11.8. The van der Waals surface area contributed by atoms with Gasteiger partial charge in [-0.1, -0.05) is 6.07 Å². The topological polar surface area (TPSA) is 58.6 Å². The molecule has 3 rings (SSSR count). The minimum absolute atomic E-state index is 0.228. The first-order valence-electron chi connectivity index (χ1n) is 5.49. The fourth-order valence-electron chi connectivity index (χ4n) is 2.17. The van der Waals surface area contributed by atoms with Gasteiger partial charge in [0.2, 0.25) is 11.8 Å². The summed E-state index contributed by atoms with van der Waals surface area (Å²) in [5.41, 5.74) is 3.22. The third-order valence-corrected chi connectivity index (χ3v) is 3.02. The van der Waals surface area contributed by atoms with Gasteiger partial charge in [0.15, 0.2) is 0 Å². The lowest BCUT2D eigenvalue weighted by Gasteiger charge is -2.27. The summed E-state index contributed by atoms with van der Waals surface area (Å²) in [6.45, 7) is 1.71. The molecule has 17 heavy (non-hydrogen) atoms. The van der Waals surface area contributed by atoms with Crippen molar-refractivity contribution >= 4 is 17.5 Å². The van der Waals surface area contributed by atoms with E-state index in [1.807, 2.05) is 18.2 Å². The molecule has 0 unspecified atom stereocenters. The van der Waals surface area contributed by atoms with Crippen LogP contribution in [0.4, 0.5) is 5.69 Å². The summed E-state index contributed by atoms with van der Waals surface area (Å²) in [5.74, 6) is -0.504. The van der Waals surface area contributed by atoms with Gasteiger partial charge in [-0.05, 0) is 23.3 Å². The molecule has 88 valence electrons. The first kappa shape index (κ1) is 10.3. The molecule has 2 aliphatic rings. The van der Waals surface area contributed by atoms with Gasteiger partial charge >= 0.3 is 0 Å². The molecule has 1 N–H and O–H groups in total. The summed E-state index contributed by atoms with van der Waals surface area (Å²) in [6, 6.07) is 5.92. The van der Waals surface area contributed by atoms with E-state index in [0.717, 1.165) is 11.3 Å². The molecule has 1 fully saturated rings. The Hall–Kier alpha value is -1.88. The smallest absolute Gasteiger partial charge is 0.246 e. The standard InChI is InChI=1S/C12H12N2O3/c15-11-4-14(5-12(16)13-11)10-2-1-8-6-17-7-9(8)3-10/h1-3H,4-7H2,(H,13,15,16). The van der Waals surface area contributed by atoms with Crippen molar-refractivity contribution in [3.63, 3.8) is 0 Å². The maximum atomic E-state index is 11.3. The molecule has 0 bridgehead atoms. The number of hydrogen-bond donors (Lipinski definition) is 1. The van der Waals surface area contributed by atoms with Crippen molar-refractivity contribution in [2.75, 3.05) is 18.0 Å². The summed E-state index contributed by atoms with van der Waals surface area (Å²) in [4.78, 5) is 24.4. The Balaban J connectivity index is 1.88. The summed E-state index contributed by atoms with van der Waals surface area (Å²) >= 11 is 0. The van der Waals surface area contributed by atoms with Crippen LogP contribution >= 0.6 is 0 Å². The Morgan fingerprint density at radius 1 is 1.06 bits per heavy atom. The van der Waals surface area contributed by atoms with E-state index < -0.39 is 0 Å². The highest BCUT2D eigenvalue weighted by Crippen LogP contribution is 2.25. The Morgan fingerprint density at radius 2 is 1.76 bits per heavy atom. The summed E-state index contributed by atoms with van der Waals surface area (Å²) in [7, 11) is 0. The molecule has 2 heterocycles. The van der Waals surface area contributed by atoms with Crippen LogP contribution in [0.3, 0.4) is 0 Å². The molecule has 0 spiro atoms. The second-order valence-corrected chi connectivity index (χ2v) is 4.27. The first-order chi connectivity index (χ1) is 8.22. The van der Waals surface area contributed by atoms with Gasteiger partial charge in [0.25, 0.3) is 0 Å². The third-order valence-electron chi connectivity index (χ3n) is 3.02. The van der Waals surface area contributed by atoms with Crippen molar-refractivity contribution < 1.29 is 14.3 Å². The van der Waals surface area contributed by atoms with Crippen LogP contribution in [0.2, 0.25) is 0 Å². The zero-order valence-corrected chi connectivity index (χ0v) is 9.23. The largest absolute Gasteiger partial charge is 0.372 e. The van der Waals surface area contributed by atoms with Crippen molar-refractivity contribution in [1.82, 2.24) is 5.32 Å². The summed E-state index contributed by atoms with van der Waals surface area (Å²) in [6.07, 6.45) is 0. The lowest BCUT2D eigenvalue weighted by Crippen LogP contribution is -2.51. The van der Waals surface area contributed by atoms with Crippen LogP contribution in [0.5, 0.6) is 0 Å². The second-order valence-electron chi connectivity index (χ2n) is 4.27. The molecule has 1 saturated heterocycles. The Kier molecular flexibility index (Phi) is 2.33. The maximum Gasteiger partial charge on any atom is 0.246 e. The van der Waals surface area contributed by atoms with Gasteiger partial charge in [-0.2, -0.15) is 0 Å². The van der Waals surface area contributed by atoms with E-state index in [2.05, 4.69) is 5.32 Å². The molecule has 5 heteroatoms. The van der Waals surface area contributed by atoms with Crippen molar-refractivity contribution in [1.29, 1.82) is 0 Å². The van der Waals surface area contributed by atoms with Crippen LogP contribution in [0.15, 0.2) is 18.2 Å². The van der Waals surface area contributed by atoms with Crippen molar-refractivity contribution in [3.05, 3.63) is 29.3 Å². The number of nitrogens with zero attached hydrogens (tertiary/aromatic N) is 1. The SMILES string of the molecule is O=C1CN(c2ccc3c(c2)COC3)CC(=O)N1. The monoisotopic (exact) mass is 232 g/mol. The number of anilines is 1. The van der Waals surface area contributed by atoms with Gasteiger partial charge in [-0.25, -0.2) is 0 Å². The van der Waals surface area contributed by atoms with Gasteiger partial charge in [0.1, 0.15) is 0 Å². The van der Waals surface area contributed by atoms with Crippen molar-refractivity contribution in [2.24, 2.45) is 0 Å². The van der Waals surface area contributed by atoms with Gasteiger partial charge in [-0.15, -0.1) is 0 Å². The Bertz CT molecular complexity index is 483. The number of piperazine rings is 1. The lowest BCUT2D eigenvalue weighted by atomic mass is 10.1. The maximum absolute atomic E-state index is 11.3. The Morgan fingerprint density at radius 3 is 2.53 bits per heavy atom. The van der Waals surface area contributed by atoms with Crippen LogP contribution in [-0.2, 0) is 27.5 Å². The number of fused-ring (bicyclic) bond motifs is 1. The molecule has 0 atom stereocenters. The van der Waals surface area contributed by atoms with Crippen LogP contribution in [0.25, 0.3) is 0 Å². The number of imide groups is 1. The van der Waals surface area contributed by atoms with Crippen molar-refractivity contribution in [3.8, 4) is 0 Å². The molecule has 0 radical (unpaired) electrons. The number of rotatable bonds is 1. The van der Waals surface area contributed by atoms with E-state index in [9.17, 15) is 9.59 Å². The van der Waals surface area contributed by atoms with Crippen molar-refractivity contribution in [2.45, 2.75) is 13.2 Å². The number of nitrogens with one attached hydrogen (secondary N) is 1. The average Bonchev–Trinajstić information content (AvgIpc) is 2.74. The number of hydrogen-bond acceptors (Lipinski definition) is 4. The molecule has 5 nitrogen and oxygen atoms in total. The molecule has 0 aliphatic carbocycles. The van der Waals surface area contributed by atoms with E-state index >= 15 is 0 Å². The number of carbonyl (C=O) groups excluding carboxylic acids is 2. The number of ether oxygens (including phenoxy) is 1. The zero-order valence-electron chi connectivity index (χ0n) is 9.23. The highest BCUT2D eigenvalue weighted by Gasteiger charge is 2.23. The predicted octanol–water partition coefficient (Wildman–Crippen LogP) is 0.180. The molecule has 1 aromatic rings. The van der Waals surface area contributed by atoms with E-state index in [1.54, 1.807) is 4.90 Å². The molecular formula is C12H12N2O3. The first-order valence-corrected chi connectivity index (χ1v) is 5.49. The summed E-state index contributed by atoms with van der Waals surface area (Å²) < 4.78 is 5.33. The van der Waals surface area contributed by atoms with Gasteiger partial charge in [-0.3, -0.25) is 14.9 Å². The van der Waals surface area contributed by atoms with Gasteiger partial charge in [0.05, 0.1) is 26.3 Å². The lowest BCUT2D eigenvalue weighted by molar-refractivity contribution is -0.130. The minimum atomic E-state index is -0.252. The van der Waals surface area contributed by atoms with E-state index in [-0.39, 0.29) is 24.9 Å². The van der Waals surface area contributed by atoms with Gasteiger partial charge < -0.3 is 9.64 Å². The van der Waals surface area contributed by atoms with Crippen LogP contribution in [0, 0.1) is 0 Å². The number of benzene rings is 1. The quantitative estimate of drug-likeness (QED) is 0.702. The molecule has 2 amide bonds. The molecule has 0 saturated carbocycles. The molecule has 1 aromatic carbocycles. The van der Waals surface area contributed by atoms with E-state index in [4.69, 9.17) is 4.74 Å². The van der Waals surface area contributed by atoms with Crippen LogP contribution in [-0.4, -0.2) is 24.9 Å². The molecular weight excluding hydrogens is 220 g/mol. The second kappa shape index (κ2) is 3.85. The highest BCUT2D eigenvalue weighted by molar-refractivity contribution is 6.02. The van der Waals surface area contributed by atoms with E-state index in [0.29, 0.717) is 13.2 Å². The highest BCUT2D eigenvalue weighted by atomic mass is 16.5. The van der Waals surface area contributed by atoms with Gasteiger partial charge in [0, 0.05) is 5.69 Å².